The third-order valence-corrected chi connectivity index (χ3v) is 3.34. The van der Waals surface area contributed by atoms with Gasteiger partial charge in [0.15, 0.2) is 0 Å². The minimum Gasteiger partial charge on any atom is -0.497 e. The van der Waals surface area contributed by atoms with Crippen LogP contribution >= 0.6 is 11.6 Å². The third kappa shape index (κ3) is 5.30. The Morgan fingerprint density at radius 1 is 1.26 bits per heavy atom. The highest BCUT2D eigenvalue weighted by molar-refractivity contribution is 6.30. The topological polar surface area (TPSA) is 62.7 Å². The van der Waals surface area contributed by atoms with Crippen LogP contribution in [0.5, 0.6) is 5.75 Å². The van der Waals surface area contributed by atoms with Crippen molar-refractivity contribution in [1.82, 2.24) is 5.43 Å². The first kappa shape index (κ1) is 16.8. The van der Waals surface area contributed by atoms with Crippen molar-refractivity contribution in [1.29, 1.82) is 0 Å². The third-order valence-electron chi connectivity index (χ3n) is 3.10. The van der Waals surface area contributed by atoms with Gasteiger partial charge in [-0.1, -0.05) is 23.7 Å². The summed E-state index contributed by atoms with van der Waals surface area (Å²) in [6.45, 7) is 1.76. The summed E-state index contributed by atoms with van der Waals surface area (Å²) in [5.41, 5.74) is 4.13. The van der Waals surface area contributed by atoms with Crippen LogP contribution in [0.4, 0.5) is 5.69 Å². The van der Waals surface area contributed by atoms with E-state index in [2.05, 4.69) is 15.8 Å². The second kappa shape index (κ2) is 8.19. The van der Waals surface area contributed by atoms with Gasteiger partial charge in [-0.3, -0.25) is 4.79 Å². The van der Waals surface area contributed by atoms with Crippen LogP contribution in [0.15, 0.2) is 53.6 Å². The second-order valence-corrected chi connectivity index (χ2v) is 5.32. The molecule has 1 atom stereocenters. The molecule has 0 saturated heterocycles. The largest absolute Gasteiger partial charge is 0.497 e. The molecule has 120 valence electrons. The summed E-state index contributed by atoms with van der Waals surface area (Å²) in [6, 6.07) is 14.1. The molecule has 0 spiro atoms. The molecule has 6 heteroatoms. The van der Waals surface area contributed by atoms with Gasteiger partial charge in [-0.2, -0.15) is 5.10 Å². The Labute approximate surface area is 140 Å². The maximum atomic E-state index is 12.0. The van der Waals surface area contributed by atoms with E-state index < -0.39 is 6.04 Å². The van der Waals surface area contributed by atoms with Crippen molar-refractivity contribution in [2.45, 2.75) is 13.0 Å². The van der Waals surface area contributed by atoms with Crippen LogP contribution in [0, 0.1) is 0 Å². The molecule has 23 heavy (non-hydrogen) atoms. The number of nitrogens with zero attached hydrogens (tertiary/aromatic N) is 1. The normalized spacial score (nSPS) is 12.0. The minimum atomic E-state index is -0.431. The van der Waals surface area contributed by atoms with Gasteiger partial charge in [0.1, 0.15) is 11.8 Å². The average Bonchev–Trinajstić information content (AvgIpc) is 2.55. The number of hydrogen-bond donors (Lipinski definition) is 2. The standard InChI is InChI=1S/C17H18ClN3O2/c1-12(20-15-6-8-16(23-2)9-7-15)17(22)21-19-11-13-4-3-5-14(18)10-13/h3-12,20H,1-2H3,(H,21,22)/b19-11+. The number of methoxy groups -OCH3 is 1. The Bertz CT molecular complexity index is 686. The zero-order valence-corrected chi connectivity index (χ0v) is 13.7. The molecule has 1 amide bonds. The molecule has 0 aromatic heterocycles. The number of nitrogens with one attached hydrogen (secondary N) is 2. The highest BCUT2D eigenvalue weighted by Crippen LogP contribution is 2.15. The predicted molar refractivity (Wildman–Crippen MR) is 93.3 cm³/mol. The fourth-order valence-electron chi connectivity index (χ4n) is 1.86. The van der Waals surface area contributed by atoms with Gasteiger partial charge in [0.2, 0.25) is 0 Å². The van der Waals surface area contributed by atoms with Crippen molar-refractivity contribution in [3.63, 3.8) is 0 Å². The molecule has 0 heterocycles. The lowest BCUT2D eigenvalue weighted by atomic mass is 10.2. The first-order valence-electron chi connectivity index (χ1n) is 7.07. The highest BCUT2D eigenvalue weighted by Gasteiger charge is 2.11. The van der Waals surface area contributed by atoms with Crippen molar-refractivity contribution in [2.75, 3.05) is 12.4 Å². The van der Waals surface area contributed by atoms with Gasteiger partial charge >= 0.3 is 0 Å². The zero-order valence-electron chi connectivity index (χ0n) is 12.9. The minimum absolute atomic E-state index is 0.237. The average molecular weight is 332 g/mol. The van der Waals surface area contributed by atoms with E-state index in [9.17, 15) is 4.79 Å². The molecule has 0 aliphatic rings. The maximum absolute atomic E-state index is 12.0. The van der Waals surface area contributed by atoms with Gasteiger partial charge < -0.3 is 10.1 Å². The van der Waals surface area contributed by atoms with Gasteiger partial charge in [-0.25, -0.2) is 5.43 Å². The molecular weight excluding hydrogens is 314 g/mol. The Balaban J connectivity index is 1.86. The van der Waals surface area contributed by atoms with E-state index in [-0.39, 0.29) is 5.91 Å². The molecule has 0 aliphatic carbocycles. The molecular formula is C17H18ClN3O2. The van der Waals surface area contributed by atoms with Gasteiger partial charge in [0.25, 0.3) is 5.91 Å². The fourth-order valence-corrected chi connectivity index (χ4v) is 2.06. The highest BCUT2D eigenvalue weighted by atomic mass is 35.5. The van der Waals surface area contributed by atoms with E-state index in [0.717, 1.165) is 17.0 Å². The number of carbonyl (C=O) groups is 1. The lowest BCUT2D eigenvalue weighted by Gasteiger charge is -2.13. The molecule has 2 aromatic rings. The monoisotopic (exact) mass is 331 g/mol. The van der Waals surface area contributed by atoms with E-state index in [1.54, 1.807) is 32.4 Å². The molecule has 2 N–H and O–H groups in total. The number of ether oxygens (including phenoxy) is 1. The molecule has 0 fully saturated rings. The molecule has 2 aromatic carbocycles. The second-order valence-electron chi connectivity index (χ2n) is 4.88. The van der Waals surface area contributed by atoms with Crippen LogP contribution in [-0.2, 0) is 4.79 Å². The Kier molecular flexibility index (Phi) is 6.00. The van der Waals surface area contributed by atoms with Crippen molar-refractivity contribution < 1.29 is 9.53 Å². The zero-order chi connectivity index (χ0) is 16.7. The van der Waals surface area contributed by atoms with Crippen LogP contribution in [0.2, 0.25) is 5.02 Å². The van der Waals surface area contributed by atoms with Crippen LogP contribution in [0.3, 0.4) is 0 Å². The van der Waals surface area contributed by atoms with E-state index in [1.165, 1.54) is 0 Å². The van der Waals surface area contributed by atoms with Gasteiger partial charge in [-0.15, -0.1) is 0 Å². The Morgan fingerprint density at radius 3 is 2.65 bits per heavy atom. The van der Waals surface area contributed by atoms with Crippen LogP contribution in [0.1, 0.15) is 12.5 Å². The van der Waals surface area contributed by atoms with Gasteiger partial charge in [0, 0.05) is 10.7 Å². The summed E-state index contributed by atoms with van der Waals surface area (Å²) in [7, 11) is 1.61. The van der Waals surface area contributed by atoms with Crippen molar-refractivity contribution in [3.05, 3.63) is 59.1 Å². The number of amides is 1. The van der Waals surface area contributed by atoms with E-state index in [1.807, 2.05) is 36.4 Å². The maximum Gasteiger partial charge on any atom is 0.262 e. The number of carbonyl (C=O) groups excluding carboxylic acids is 1. The summed E-state index contributed by atoms with van der Waals surface area (Å²) in [6.07, 6.45) is 1.55. The number of benzene rings is 2. The summed E-state index contributed by atoms with van der Waals surface area (Å²) in [4.78, 5) is 12.0. The van der Waals surface area contributed by atoms with Gasteiger partial charge in [0.05, 0.1) is 13.3 Å². The number of rotatable bonds is 6. The Morgan fingerprint density at radius 2 is 2.00 bits per heavy atom. The summed E-state index contributed by atoms with van der Waals surface area (Å²) < 4.78 is 5.09. The van der Waals surface area contributed by atoms with Crippen LogP contribution in [0.25, 0.3) is 0 Å². The molecule has 0 saturated carbocycles. The molecule has 0 aliphatic heterocycles. The molecule has 0 radical (unpaired) electrons. The fraction of sp³-hybridized carbons (Fsp3) is 0.176. The number of hydrogen-bond acceptors (Lipinski definition) is 4. The van der Waals surface area contributed by atoms with E-state index in [0.29, 0.717) is 5.02 Å². The smallest absolute Gasteiger partial charge is 0.262 e. The lowest BCUT2D eigenvalue weighted by Crippen LogP contribution is -2.34. The summed E-state index contributed by atoms with van der Waals surface area (Å²) >= 11 is 5.88. The first-order chi connectivity index (χ1) is 11.1. The molecule has 5 nitrogen and oxygen atoms in total. The number of anilines is 1. The van der Waals surface area contributed by atoms with Crippen LogP contribution in [-0.4, -0.2) is 25.3 Å². The SMILES string of the molecule is COc1ccc(NC(C)C(=O)N/N=C/c2cccc(Cl)c2)cc1. The van der Waals surface area contributed by atoms with E-state index >= 15 is 0 Å². The van der Waals surface area contributed by atoms with E-state index in [4.69, 9.17) is 16.3 Å². The van der Waals surface area contributed by atoms with Crippen molar-refractivity contribution in [2.24, 2.45) is 5.10 Å². The number of halogens is 1. The molecule has 2 rings (SSSR count). The lowest BCUT2D eigenvalue weighted by molar-refractivity contribution is -0.121. The first-order valence-corrected chi connectivity index (χ1v) is 7.45. The molecule has 0 bridgehead atoms. The van der Waals surface area contributed by atoms with Gasteiger partial charge in [-0.05, 0) is 48.9 Å². The number of hydrazone groups is 1. The Hall–Kier alpha value is -2.53. The quantitative estimate of drug-likeness (QED) is 0.630. The van der Waals surface area contributed by atoms with Crippen molar-refractivity contribution in [3.8, 4) is 5.75 Å². The molecule has 1 unspecified atom stereocenters. The van der Waals surface area contributed by atoms with Crippen molar-refractivity contribution >= 4 is 29.4 Å². The predicted octanol–water partition coefficient (Wildman–Crippen LogP) is 3.30. The van der Waals surface area contributed by atoms with Crippen LogP contribution < -0.4 is 15.5 Å². The summed E-state index contributed by atoms with van der Waals surface area (Å²) in [5.74, 6) is 0.526. The summed E-state index contributed by atoms with van der Waals surface area (Å²) in [5, 5.41) is 7.64.